The quantitative estimate of drug-likeness (QED) is 0.490. The summed E-state index contributed by atoms with van der Waals surface area (Å²) in [6, 6.07) is 3.88. The lowest BCUT2D eigenvalue weighted by Gasteiger charge is -2.26. The Balaban J connectivity index is 0.00000338. The maximum absolute atomic E-state index is 10.9. The summed E-state index contributed by atoms with van der Waals surface area (Å²) in [5.41, 5.74) is 6.22. The number of primary amides is 1. The molecule has 0 atom stereocenters. The van der Waals surface area contributed by atoms with Gasteiger partial charge in [0.1, 0.15) is 0 Å². The number of nitrogens with zero attached hydrogens (tertiary/aromatic N) is 1. The van der Waals surface area contributed by atoms with E-state index >= 15 is 0 Å². The molecule has 7 nitrogen and oxygen atoms in total. The average Bonchev–Trinajstić information content (AvgIpc) is 2.59. The summed E-state index contributed by atoms with van der Waals surface area (Å²) >= 11 is 3.48. The predicted octanol–water partition coefficient (Wildman–Crippen LogP) is 1.98. The number of hydrogen-bond acceptors (Lipinski definition) is 6. The van der Waals surface area contributed by atoms with Crippen molar-refractivity contribution < 1.29 is 19.0 Å². The van der Waals surface area contributed by atoms with Gasteiger partial charge in [0.25, 0.3) is 5.91 Å². The molecule has 0 unspecified atom stereocenters. The third-order valence-electron chi connectivity index (χ3n) is 3.77. The van der Waals surface area contributed by atoms with E-state index in [4.69, 9.17) is 19.9 Å². The van der Waals surface area contributed by atoms with Crippen molar-refractivity contribution in [1.29, 1.82) is 0 Å². The monoisotopic (exact) mass is 487 g/mol. The lowest BCUT2D eigenvalue weighted by Crippen LogP contribution is -2.40. The van der Waals surface area contributed by atoms with Gasteiger partial charge < -0.3 is 25.3 Å². The van der Waals surface area contributed by atoms with Gasteiger partial charge in [0.15, 0.2) is 18.1 Å². The van der Waals surface area contributed by atoms with E-state index in [1.165, 1.54) is 0 Å². The lowest BCUT2D eigenvalue weighted by molar-refractivity contribution is -0.119. The number of nitrogens with one attached hydrogen (secondary N) is 1. The molecule has 2 rings (SSSR count). The molecular formula is C17H28BrCl2N3O4. The van der Waals surface area contributed by atoms with Gasteiger partial charge in [0, 0.05) is 32.7 Å². The highest BCUT2D eigenvalue weighted by atomic mass is 79.9. The van der Waals surface area contributed by atoms with Crippen molar-refractivity contribution in [2.24, 2.45) is 5.73 Å². The van der Waals surface area contributed by atoms with Crippen molar-refractivity contribution >= 4 is 46.7 Å². The summed E-state index contributed by atoms with van der Waals surface area (Å²) in [5, 5.41) is 3.44. The van der Waals surface area contributed by atoms with E-state index in [0.717, 1.165) is 56.0 Å². The van der Waals surface area contributed by atoms with Gasteiger partial charge in [-0.2, -0.15) is 0 Å². The zero-order valence-corrected chi connectivity index (χ0v) is 18.6. The molecule has 1 aliphatic heterocycles. The molecule has 0 aliphatic carbocycles. The molecule has 0 aromatic heterocycles. The number of rotatable bonds is 10. The number of amides is 1. The van der Waals surface area contributed by atoms with Gasteiger partial charge in [-0.15, -0.1) is 24.8 Å². The highest BCUT2D eigenvalue weighted by Crippen LogP contribution is 2.36. The van der Waals surface area contributed by atoms with Crippen LogP contribution in [0.4, 0.5) is 0 Å². The van der Waals surface area contributed by atoms with Crippen molar-refractivity contribution in [2.75, 3.05) is 52.6 Å². The third kappa shape index (κ3) is 9.32. The molecule has 0 radical (unpaired) electrons. The summed E-state index contributed by atoms with van der Waals surface area (Å²) in [6.07, 6.45) is 0. The summed E-state index contributed by atoms with van der Waals surface area (Å²) in [5.74, 6) is 0.573. The maximum atomic E-state index is 10.9. The van der Waals surface area contributed by atoms with Gasteiger partial charge in [-0.3, -0.25) is 9.69 Å². The minimum atomic E-state index is -0.525. The number of carbonyl (C=O) groups excluding carboxylic acids is 1. The fraction of sp³-hybridized carbons (Fsp3) is 0.588. The average molecular weight is 489 g/mol. The third-order valence-corrected chi connectivity index (χ3v) is 4.35. The summed E-state index contributed by atoms with van der Waals surface area (Å²) in [6.45, 7) is 8.47. The van der Waals surface area contributed by atoms with Gasteiger partial charge in [0.2, 0.25) is 0 Å². The molecule has 1 saturated heterocycles. The molecule has 1 aromatic rings. The predicted molar refractivity (Wildman–Crippen MR) is 113 cm³/mol. The van der Waals surface area contributed by atoms with Crippen LogP contribution in [0.15, 0.2) is 16.6 Å². The van der Waals surface area contributed by atoms with Crippen LogP contribution >= 0.6 is 40.7 Å². The molecule has 1 heterocycles. The number of benzene rings is 1. The Hall–Kier alpha value is -0.770. The highest BCUT2D eigenvalue weighted by Gasteiger charge is 2.14. The first kappa shape index (κ1) is 26.2. The van der Waals surface area contributed by atoms with Crippen LogP contribution in [-0.2, 0) is 16.1 Å². The molecular weight excluding hydrogens is 461 g/mol. The van der Waals surface area contributed by atoms with E-state index < -0.39 is 5.91 Å². The van der Waals surface area contributed by atoms with E-state index in [-0.39, 0.29) is 31.4 Å². The van der Waals surface area contributed by atoms with Crippen molar-refractivity contribution in [3.8, 4) is 11.5 Å². The number of carbonyl (C=O) groups is 1. The Kier molecular flexibility index (Phi) is 13.9. The van der Waals surface area contributed by atoms with Crippen LogP contribution in [0, 0.1) is 0 Å². The SMILES string of the molecule is CCOc1cc(CNCCN2CCOCC2)cc(Br)c1OCC(N)=O.Cl.Cl. The first-order valence-electron chi connectivity index (χ1n) is 8.47. The van der Waals surface area contributed by atoms with Crippen LogP contribution in [0.25, 0.3) is 0 Å². The minimum Gasteiger partial charge on any atom is -0.490 e. The van der Waals surface area contributed by atoms with Crippen LogP contribution in [0.5, 0.6) is 11.5 Å². The Bertz CT molecular complexity index is 575. The first-order chi connectivity index (χ1) is 12.1. The number of morpholine rings is 1. The molecule has 1 aliphatic rings. The standard InChI is InChI=1S/C17H26BrN3O4.2ClH/c1-2-24-15-10-13(9-14(18)17(15)25-12-16(19)22)11-20-3-4-21-5-7-23-8-6-21;;/h9-10,20H,2-8,11-12H2,1H3,(H2,19,22);2*1H. The van der Waals surface area contributed by atoms with E-state index in [2.05, 4.69) is 26.1 Å². The number of ether oxygens (including phenoxy) is 3. The Labute approximate surface area is 181 Å². The van der Waals surface area contributed by atoms with E-state index in [0.29, 0.717) is 18.1 Å². The number of nitrogens with two attached hydrogens (primary N) is 1. The molecule has 0 saturated carbocycles. The first-order valence-corrected chi connectivity index (χ1v) is 9.26. The van der Waals surface area contributed by atoms with E-state index in [9.17, 15) is 4.79 Å². The van der Waals surface area contributed by atoms with Crippen LogP contribution in [0.3, 0.4) is 0 Å². The van der Waals surface area contributed by atoms with Crippen molar-refractivity contribution in [3.63, 3.8) is 0 Å². The fourth-order valence-corrected chi connectivity index (χ4v) is 3.17. The minimum absolute atomic E-state index is 0. The van der Waals surface area contributed by atoms with E-state index in [1.807, 2.05) is 19.1 Å². The normalized spacial score (nSPS) is 14.0. The van der Waals surface area contributed by atoms with Gasteiger partial charge in [0.05, 0.1) is 24.3 Å². The lowest BCUT2D eigenvalue weighted by atomic mass is 10.2. The molecule has 0 bridgehead atoms. The smallest absolute Gasteiger partial charge is 0.255 e. The molecule has 27 heavy (non-hydrogen) atoms. The zero-order valence-electron chi connectivity index (χ0n) is 15.4. The molecule has 0 spiro atoms. The molecule has 10 heteroatoms. The molecule has 156 valence electrons. The van der Waals surface area contributed by atoms with Crippen molar-refractivity contribution in [2.45, 2.75) is 13.5 Å². The second-order valence-corrected chi connectivity index (χ2v) is 6.58. The molecule has 1 fully saturated rings. The van der Waals surface area contributed by atoms with E-state index in [1.54, 1.807) is 0 Å². The fourth-order valence-electron chi connectivity index (χ4n) is 2.56. The molecule has 3 N–H and O–H groups in total. The second-order valence-electron chi connectivity index (χ2n) is 5.72. The largest absolute Gasteiger partial charge is 0.490 e. The molecule has 1 aromatic carbocycles. The summed E-state index contributed by atoms with van der Waals surface area (Å²) < 4.78 is 17.2. The Morgan fingerprint density at radius 1 is 1.30 bits per heavy atom. The van der Waals surface area contributed by atoms with Gasteiger partial charge >= 0.3 is 0 Å². The Morgan fingerprint density at radius 3 is 2.63 bits per heavy atom. The van der Waals surface area contributed by atoms with Gasteiger partial charge in [-0.05, 0) is 40.5 Å². The van der Waals surface area contributed by atoms with Crippen LogP contribution in [-0.4, -0.2) is 63.4 Å². The zero-order chi connectivity index (χ0) is 18.1. The highest BCUT2D eigenvalue weighted by molar-refractivity contribution is 9.10. The summed E-state index contributed by atoms with van der Waals surface area (Å²) in [7, 11) is 0. The Morgan fingerprint density at radius 2 is 2.00 bits per heavy atom. The second kappa shape index (κ2) is 14.3. The van der Waals surface area contributed by atoms with Crippen LogP contribution in [0.2, 0.25) is 0 Å². The molecule has 1 amide bonds. The summed E-state index contributed by atoms with van der Waals surface area (Å²) in [4.78, 5) is 13.3. The van der Waals surface area contributed by atoms with Crippen molar-refractivity contribution in [1.82, 2.24) is 10.2 Å². The maximum Gasteiger partial charge on any atom is 0.255 e. The van der Waals surface area contributed by atoms with Gasteiger partial charge in [-0.25, -0.2) is 0 Å². The topological polar surface area (TPSA) is 86.1 Å². The number of halogens is 3. The van der Waals surface area contributed by atoms with Gasteiger partial charge in [-0.1, -0.05) is 0 Å². The number of hydrogen-bond donors (Lipinski definition) is 2. The van der Waals surface area contributed by atoms with Crippen LogP contribution in [0.1, 0.15) is 12.5 Å². The van der Waals surface area contributed by atoms with Crippen LogP contribution < -0.4 is 20.5 Å². The van der Waals surface area contributed by atoms with Crippen molar-refractivity contribution in [3.05, 3.63) is 22.2 Å².